The van der Waals surface area contributed by atoms with Crippen LogP contribution in [-0.4, -0.2) is 26.9 Å². The zero-order valence-electron chi connectivity index (χ0n) is 12.2. The van der Waals surface area contributed by atoms with Crippen LogP contribution in [0.1, 0.15) is 27.7 Å². The van der Waals surface area contributed by atoms with Crippen molar-refractivity contribution in [3.63, 3.8) is 0 Å². The maximum absolute atomic E-state index is 10.6. The maximum atomic E-state index is 10.6. The quantitative estimate of drug-likeness (QED) is 0.571. The Bertz CT molecular complexity index is 254. The third-order valence-electron chi connectivity index (χ3n) is 3.40. The third kappa shape index (κ3) is 6.36. The first kappa shape index (κ1) is 19.9. The Labute approximate surface area is 128 Å². The SMILES string of the molecule is C[C@@H](CO[Si](C)(C)C(C)(C)C)[C@@H](N)C(=O)[O-].[Na+]. The molecule has 0 saturated carbocycles. The summed E-state index contributed by atoms with van der Waals surface area (Å²) in [6.07, 6.45) is 0. The van der Waals surface area contributed by atoms with Gasteiger partial charge in [0.05, 0.1) is 5.97 Å². The number of carboxylic acids is 1. The molecule has 0 aromatic rings. The maximum Gasteiger partial charge on any atom is 1.00 e. The Kier molecular flexibility index (Phi) is 8.51. The fourth-order valence-electron chi connectivity index (χ4n) is 0.892. The number of hydrogen-bond acceptors (Lipinski definition) is 4. The fraction of sp³-hybridized carbons (Fsp3) is 0.909. The zero-order valence-corrected chi connectivity index (χ0v) is 15.2. The van der Waals surface area contributed by atoms with Crippen molar-refractivity contribution >= 4 is 14.3 Å². The van der Waals surface area contributed by atoms with E-state index in [0.717, 1.165) is 0 Å². The molecule has 0 saturated heterocycles. The first-order chi connectivity index (χ1) is 6.99. The van der Waals surface area contributed by atoms with Gasteiger partial charge in [0.25, 0.3) is 0 Å². The molecule has 0 aliphatic rings. The molecule has 6 heteroatoms. The molecular weight excluding hydrogens is 245 g/mol. The molecule has 0 radical (unpaired) electrons. The van der Waals surface area contributed by atoms with Gasteiger partial charge in [-0.25, -0.2) is 0 Å². The van der Waals surface area contributed by atoms with Gasteiger partial charge in [0, 0.05) is 12.6 Å². The van der Waals surface area contributed by atoms with E-state index in [4.69, 9.17) is 10.2 Å². The minimum absolute atomic E-state index is 0. The van der Waals surface area contributed by atoms with Crippen molar-refractivity contribution in [1.82, 2.24) is 0 Å². The van der Waals surface area contributed by atoms with Gasteiger partial charge in [-0.2, -0.15) is 0 Å². The van der Waals surface area contributed by atoms with E-state index in [9.17, 15) is 9.90 Å². The number of carboxylic acid groups (broad SMARTS) is 1. The molecule has 0 aromatic carbocycles. The standard InChI is InChI=1S/C11H25NO3Si.Na/c1-8(9(12)10(13)14)7-15-16(5,6)11(2,3)4;/h8-9H,7,12H2,1-6H3,(H,13,14);/q;+1/p-1/t8-,9+;/m0./s1. The molecule has 0 bridgehead atoms. The monoisotopic (exact) mass is 269 g/mol. The van der Waals surface area contributed by atoms with Crippen molar-refractivity contribution in [2.24, 2.45) is 11.7 Å². The summed E-state index contributed by atoms with van der Waals surface area (Å²) in [5, 5.41) is 10.7. The Balaban J connectivity index is 0. The predicted octanol–water partition coefficient (Wildman–Crippen LogP) is -2.27. The van der Waals surface area contributed by atoms with Crippen LogP contribution in [0, 0.1) is 5.92 Å². The minimum Gasteiger partial charge on any atom is -0.548 e. The summed E-state index contributed by atoms with van der Waals surface area (Å²) in [5.74, 6) is -1.44. The van der Waals surface area contributed by atoms with E-state index in [-0.39, 0.29) is 40.5 Å². The van der Waals surface area contributed by atoms with Crippen molar-refractivity contribution in [2.75, 3.05) is 6.61 Å². The van der Waals surface area contributed by atoms with Crippen molar-refractivity contribution in [2.45, 2.75) is 51.9 Å². The Hall–Kier alpha value is 0.607. The molecule has 0 rings (SSSR count). The average molecular weight is 269 g/mol. The smallest absolute Gasteiger partial charge is 0.548 e. The van der Waals surface area contributed by atoms with Gasteiger partial charge < -0.3 is 20.1 Å². The van der Waals surface area contributed by atoms with Crippen LogP contribution in [0.4, 0.5) is 0 Å². The molecule has 0 amide bonds. The molecule has 4 nitrogen and oxygen atoms in total. The van der Waals surface area contributed by atoms with E-state index < -0.39 is 20.3 Å². The largest absolute Gasteiger partial charge is 1.00 e. The molecule has 0 fully saturated rings. The first-order valence-electron chi connectivity index (χ1n) is 5.59. The van der Waals surface area contributed by atoms with E-state index in [1.54, 1.807) is 6.92 Å². The van der Waals surface area contributed by atoms with Crippen LogP contribution >= 0.6 is 0 Å². The van der Waals surface area contributed by atoms with Gasteiger partial charge in [0.15, 0.2) is 8.32 Å². The van der Waals surface area contributed by atoms with Crippen LogP contribution in [0.25, 0.3) is 0 Å². The van der Waals surface area contributed by atoms with E-state index in [2.05, 4.69) is 33.9 Å². The summed E-state index contributed by atoms with van der Waals surface area (Å²) in [6, 6.07) is -0.954. The summed E-state index contributed by atoms with van der Waals surface area (Å²) in [6.45, 7) is 12.8. The summed E-state index contributed by atoms with van der Waals surface area (Å²) >= 11 is 0. The van der Waals surface area contributed by atoms with E-state index in [0.29, 0.717) is 6.61 Å². The third-order valence-corrected chi connectivity index (χ3v) is 7.90. The second kappa shape index (κ2) is 7.26. The van der Waals surface area contributed by atoms with Crippen LogP contribution in [0.2, 0.25) is 18.1 Å². The van der Waals surface area contributed by atoms with Crippen molar-refractivity contribution in [3.05, 3.63) is 0 Å². The number of aliphatic carboxylic acids is 1. The fourth-order valence-corrected chi connectivity index (χ4v) is 2.00. The number of nitrogens with two attached hydrogens (primary N) is 1. The molecule has 17 heavy (non-hydrogen) atoms. The molecule has 0 aromatic heterocycles. The molecule has 0 heterocycles. The average Bonchev–Trinajstić information content (AvgIpc) is 2.11. The van der Waals surface area contributed by atoms with Crippen LogP contribution in [-0.2, 0) is 9.22 Å². The Morgan fingerprint density at radius 1 is 1.41 bits per heavy atom. The Morgan fingerprint density at radius 2 is 1.82 bits per heavy atom. The summed E-state index contributed by atoms with van der Waals surface area (Å²) in [4.78, 5) is 10.6. The van der Waals surface area contributed by atoms with Gasteiger partial charge in [0.1, 0.15) is 0 Å². The first-order valence-corrected chi connectivity index (χ1v) is 8.50. The molecule has 0 aliphatic heterocycles. The van der Waals surface area contributed by atoms with Crippen LogP contribution in [0.3, 0.4) is 0 Å². The van der Waals surface area contributed by atoms with Gasteiger partial charge in [-0.3, -0.25) is 0 Å². The summed E-state index contributed by atoms with van der Waals surface area (Å²) in [7, 11) is -1.82. The molecule has 96 valence electrons. The number of rotatable bonds is 5. The molecule has 0 unspecified atom stereocenters. The topological polar surface area (TPSA) is 75.4 Å². The van der Waals surface area contributed by atoms with Gasteiger partial charge in [0.2, 0.25) is 0 Å². The summed E-state index contributed by atoms with van der Waals surface area (Å²) in [5.41, 5.74) is 5.47. The van der Waals surface area contributed by atoms with E-state index >= 15 is 0 Å². The molecular formula is C11H24NNaO3Si. The van der Waals surface area contributed by atoms with Gasteiger partial charge in [-0.1, -0.05) is 27.7 Å². The van der Waals surface area contributed by atoms with Gasteiger partial charge in [-0.05, 0) is 24.1 Å². The van der Waals surface area contributed by atoms with Gasteiger partial charge in [-0.15, -0.1) is 0 Å². The molecule has 0 spiro atoms. The normalized spacial score (nSPS) is 15.9. The number of hydrogen-bond donors (Lipinski definition) is 1. The van der Waals surface area contributed by atoms with Crippen LogP contribution in [0.15, 0.2) is 0 Å². The van der Waals surface area contributed by atoms with Crippen molar-refractivity contribution < 1.29 is 43.9 Å². The van der Waals surface area contributed by atoms with Crippen LogP contribution < -0.4 is 40.4 Å². The predicted molar refractivity (Wildman–Crippen MR) is 65.3 cm³/mol. The van der Waals surface area contributed by atoms with E-state index in [1.165, 1.54) is 0 Å². The second-order valence-electron chi connectivity index (χ2n) is 5.89. The van der Waals surface area contributed by atoms with Crippen molar-refractivity contribution in [1.29, 1.82) is 0 Å². The van der Waals surface area contributed by atoms with Gasteiger partial charge >= 0.3 is 29.6 Å². The summed E-state index contributed by atoms with van der Waals surface area (Å²) < 4.78 is 5.89. The molecule has 2 atom stereocenters. The number of carbonyl (C=O) groups excluding carboxylic acids is 1. The van der Waals surface area contributed by atoms with E-state index in [1.807, 2.05) is 0 Å². The second-order valence-corrected chi connectivity index (χ2v) is 10.7. The zero-order chi connectivity index (χ0) is 13.1. The van der Waals surface area contributed by atoms with Crippen LogP contribution in [0.5, 0.6) is 0 Å². The molecule has 2 N–H and O–H groups in total. The minimum atomic E-state index is -1.82. The molecule has 0 aliphatic carbocycles. The Morgan fingerprint density at radius 3 is 2.12 bits per heavy atom. The number of carbonyl (C=O) groups is 1. The van der Waals surface area contributed by atoms with Crippen molar-refractivity contribution in [3.8, 4) is 0 Å².